The summed E-state index contributed by atoms with van der Waals surface area (Å²) >= 11 is 0. The summed E-state index contributed by atoms with van der Waals surface area (Å²) in [5.41, 5.74) is 1.89. The van der Waals surface area contributed by atoms with E-state index >= 15 is 0 Å². The van der Waals surface area contributed by atoms with Crippen LogP contribution in [0, 0.1) is 18.6 Å². The summed E-state index contributed by atoms with van der Waals surface area (Å²) in [5, 5.41) is 7.20. The molecule has 1 heterocycles. The number of hydrogen-bond donors (Lipinski definition) is 1. The number of nitrogens with zero attached hydrogens (tertiary/aromatic N) is 2. The monoisotopic (exact) mass is 265 g/mol. The molecule has 3 nitrogen and oxygen atoms in total. The number of hydrogen-bond acceptors (Lipinski definition) is 2. The van der Waals surface area contributed by atoms with Gasteiger partial charge >= 0.3 is 0 Å². The molecule has 5 heteroatoms. The average molecular weight is 265 g/mol. The lowest BCUT2D eigenvalue weighted by atomic mass is 10.0. The maximum atomic E-state index is 13.8. The van der Waals surface area contributed by atoms with E-state index in [4.69, 9.17) is 0 Å². The second-order valence-electron chi connectivity index (χ2n) is 4.58. The van der Waals surface area contributed by atoms with Gasteiger partial charge < -0.3 is 5.32 Å². The number of likely N-dealkylation sites (N-methyl/N-ethyl adjacent to an activating group) is 1. The molecule has 0 aliphatic heterocycles. The molecule has 0 saturated carbocycles. The molecule has 1 aromatic carbocycles. The van der Waals surface area contributed by atoms with Gasteiger partial charge in [0, 0.05) is 30.8 Å². The lowest BCUT2D eigenvalue weighted by Crippen LogP contribution is -2.22. The summed E-state index contributed by atoms with van der Waals surface area (Å²) in [6.07, 6.45) is 0.478. The van der Waals surface area contributed by atoms with Gasteiger partial charge in [-0.1, -0.05) is 6.07 Å². The van der Waals surface area contributed by atoms with Crippen molar-refractivity contribution >= 4 is 0 Å². The number of aryl methyl sites for hydroxylation is 2. The van der Waals surface area contributed by atoms with Gasteiger partial charge in [-0.25, -0.2) is 8.78 Å². The van der Waals surface area contributed by atoms with Crippen LogP contribution in [0.2, 0.25) is 0 Å². The van der Waals surface area contributed by atoms with Crippen molar-refractivity contribution in [3.05, 3.63) is 52.9 Å². The van der Waals surface area contributed by atoms with Gasteiger partial charge in [-0.2, -0.15) is 5.10 Å². The molecule has 19 heavy (non-hydrogen) atoms. The first-order chi connectivity index (χ1) is 9.02. The van der Waals surface area contributed by atoms with Crippen LogP contribution in [0.3, 0.4) is 0 Å². The van der Waals surface area contributed by atoms with E-state index in [1.165, 1.54) is 18.2 Å². The Kier molecular flexibility index (Phi) is 3.95. The number of rotatable bonds is 4. The Hall–Kier alpha value is -1.75. The van der Waals surface area contributed by atoms with Crippen LogP contribution in [0.5, 0.6) is 0 Å². The second kappa shape index (κ2) is 5.48. The van der Waals surface area contributed by atoms with E-state index in [0.717, 1.165) is 11.4 Å². The van der Waals surface area contributed by atoms with Gasteiger partial charge in [-0.15, -0.1) is 0 Å². The number of nitrogens with one attached hydrogen (secondary N) is 1. The van der Waals surface area contributed by atoms with Gasteiger partial charge in [0.05, 0.1) is 5.69 Å². The third-order valence-electron chi connectivity index (χ3n) is 3.21. The highest BCUT2D eigenvalue weighted by Crippen LogP contribution is 2.24. The van der Waals surface area contributed by atoms with Crippen LogP contribution in [0.1, 0.15) is 23.0 Å². The van der Waals surface area contributed by atoms with Crippen LogP contribution >= 0.6 is 0 Å². The number of benzene rings is 1. The topological polar surface area (TPSA) is 29.9 Å². The Labute approximate surface area is 111 Å². The largest absolute Gasteiger partial charge is 0.312 e. The molecule has 102 valence electrons. The molecular formula is C14H17F2N3. The molecule has 0 fully saturated rings. The maximum Gasteiger partial charge on any atom is 0.130 e. The third kappa shape index (κ3) is 2.81. The van der Waals surface area contributed by atoms with Crippen molar-refractivity contribution in [3.8, 4) is 0 Å². The Morgan fingerprint density at radius 3 is 2.42 bits per heavy atom. The lowest BCUT2D eigenvalue weighted by molar-refractivity contribution is 0.480. The van der Waals surface area contributed by atoms with Crippen molar-refractivity contribution in [3.63, 3.8) is 0 Å². The van der Waals surface area contributed by atoms with Crippen LogP contribution in [-0.4, -0.2) is 16.8 Å². The third-order valence-corrected chi connectivity index (χ3v) is 3.21. The molecule has 0 spiro atoms. The number of aromatic nitrogens is 2. The zero-order valence-electron chi connectivity index (χ0n) is 11.2. The fourth-order valence-corrected chi connectivity index (χ4v) is 2.26. The molecule has 1 N–H and O–H groups in total. The SMILES string of the molecule is CNC(Cc1cc(C)nn1C)c1c(F)cccc1F. The van der Waals surface area contributed by atoms with E-state index in [1.54, 1.807) is 11.7 Å². The van der Waals surface area contributed by atoms with Crippen LogP contribution in [0.4, 0.5) is 8.78 Å². The van der Waals surface area contributed by atoms with Crippen molar-refractivity contribution in [1.82, 2.24) is 15.1 Å². The predicted molar refractivity (Wildman–Crippen MR) is 69.8 cm³/mol. The van der Waals surface area contributed by atoms with Crippen LogP contribution in [0.15, 0.2) is 24.3 Å². The second-order valence-corrected chi connectivity index (χ2v) is 4.58. The normalized spacial score (nSPS) is 12.7. The standard InChI is InChI=1S/C14H17F2N3/c1-9-7-10(19(3)18-9)8-13(17-2)14-11(15)5-4-6-12(14)16/h4-7,13,17H,8H2,1-3H3. The smallest absolute Gasteiger partial charge is 0.130 e. The Balaban J connectivity index is 2.33. The van der Waals surface area contributed by atoms with E-state index in [1.807, 2.05) is 20.0 Å². The van der Waals surface area contributed by atoms with Crippen LogP contribution < -0.4 is 5.32 Å². The van der Waals surface area contributed by atoms with Gasteiger partial charge in [0.1, 0.15) is 11.6 Å². The molecule has 1 unspecified atom stereocenters. The molecular weight excluding hydrogens is 248 g/mol. The highest BCUT2D eigenvalue weighted by molar-refractivity contribution is 5.25. The van der Waals surface area contributed by atoms with Crippen LogP contribution in [-0.2, 0) is 13.5 Å². The quantitative estimate of drug-likeness (QED) is 0.920. The van der Waals surface area contributed by atoms with Crippen LogP contribution in [0.25, 0.3) is 0 Å². The summed E-state index contributed by atoms with van der Waals surface area (Å²) in [6, 6.07) is 5.42. The maximum absolute atomic E-state index is 13.8. The van der Waals surface area contributed by atoms with Gasteiger partial charge in [0.25, 0.3) is 0 Å². The summed E-state index contributed by atoms with van der Waals surface area (Å²) in [7, 11) is 3.52. The molecule has 0 radical (unpaired) electrons. The van der Waals surface area contributed by atoms with E-state index in [2.05, 4.69) is 10.4 Å². The molecule has 1 atom stereocenters. The highest BCUT2D eigenvalue weighted by Gasteiger charge is 2.20. The lowest BCUT2D eigenvalue weighted by Gasteiger charge is -2.18. The van der Waals surface area contributed by atoms with E-state index in [0.29, 0.717) is 6.42 Å². The minimum absolute atomic E-state index is 0.0730. The molecule has 2 rings (SSSR count). The minimum Gasteiger partial charge on any atom is -0.312 e. The zero-order chi connectivity index (χ0) is 14.0. The summed E-state index contributed by atoms with van der Waals surface area (Å²) in [4.78, 5) is 0. The van der Waals surface area contributed by atoms with E-state index in [-0.39, 0.29) is 5.56 Å². The average Bonchev–Trinajstić information content (AvgIpc) is 2.66. The Morgan fingerprint density at radius 2 is 1.95 bits per heavy atom. The first-order valence-corrected chi connectivity index (χ1v) is 6.13. The fraction of sp³-hybridized carbons (Fsp3) is 0.357. The highest BCUT2D eigenvalue weighted by atomic mass is 19.1. The van der Waals surface area contributed by atoms with Gasteiger partial charge in [-0.3, -0.25) is 4.68 Å². The molecule has 2 aromatic rings. The van der Waals surface area contributed by atoms with Crippen molar-refractivity contribution in [2.75, 3.05) is 7.05 Å². The molecule has 0 saturated heterocycles. The zero-order valence-corrected chi connectivity index (χ0v) is 11.2. The summed E-state index contributed by atoms with van der Waals surface area (Å²) < 4.78 is 29.3. The van der Waals surface area contributed by atoms with Gasteiger partial charge in [-0.05, 0) is 32.2 Å². The molecule has 0 aliphatic carbocycles. The minimum atomic E-state index is -0.529. The van der Waals surface area contributed by atoms with Crippen molar-refractivity contribution in [2.45, 2.75) is 19.4 Å². The number of halogens is 2. The first kappa shape index (κ1) is 13.7. The van der Waals surface area contributed by atoms with Crippen molar-refractivity contribution in [1.29, 1.82) is 0 Å². The van der Waals surface area contributed by atoms with Crippen molar-refractivity contribution < 1.29 is 8.78 Å². The Morgan fingerprint density at radius 1 is 1.32 bits per heavy atom. The summed E-state index contributed by atoms with van der Waals surface area (Å²) in [5.74, 6) is -1.06. The first-order valence-electron chi connectivity index (χ1n) is 6.13. The summed E-state index contributed by atoms with van der Waals surface area (Å²) in [6.45, 7) is 1.89. The van der Waals surface area contributed by atoms with Crippen molar-refractivity contribution in [2.24, 2.45) is 7.05 Å². The van der Waals surface area contributed by atoms with Gasteiger partial charge in [0.2, 0.25) is 0 Å². The van der Waals surface area contributed by atoms with E-state index < -0.39 is 17.7 Å². The van der Waals surface area contributed by atoms with E-state index in [9.17, 15) is 8.78 Å². The molecule has 0 amide bonds. The molecule has 1 aromatic heterocycles. The molecule has 0 bridgehead atoms. The predicted octanol–water partition coefficient (Wildman–Crippen LogP) is 2.51. The fourth-order valence-electron chi connectivity index (χ4n) is 2.26. The molecule has 0 aliphatic rings. The Bertz CT molecular complexity index is 558. The van der Waals surface area contributed by atoms with Gasteiger partial charge in [0.15, 0.2) is 0 Å².